The Morgan fingerprint density at radius 3 is 1.94 bits per heavy atom. The van der Waals surface area contributed by atoms with Gasteiger partial charge in [0.25, 0.3) is 0 Å². The van der Waals surface area contributed by atoms with Crippen molar-refractivity contribution in [2.24, 2.45) is 0 Å². The van der Waals surface area contributed by atoms with Gasteiger partial charge in [-0.15, -0.1) is 6.58 Å². The Morgan fingerprint density at radius 1 is 1.18 bits per heavy atom. The summed E-state index contributed by atoms with van der Waals surface area (Å²) in [6.07, 6.45) is 1.75. The fourth-order valence-electron chi connectivity index (χ4n) is 1.06. The third-order valence-electron chi connectivity index (χ3n) is 1.49. The van der Waals surface area contributed by atoms with Gasteiger partial charge in [0.15, 0.2) is 0 Å². The van der Waals surface area contributed by atoms with E-state index in [2.05, 4.69) is 11.3 Å². The highest BCUT2D eigenvalue weighted by Crippen LogP contribution is 2.11. The quantitative estimate of drug-likeness (QED) is 0.826. The smallest absolute Gasteiger partial charge is 0.207 e. The molecule has 0 radical (unpaired) electrons. The molecule has 0 aliphatic rings. The van der Waals surface area contributed by atoms with E-state index in [0.29, 0.717) is 4.90 Å². The van der Waals surface area contributed by atoms with E-state index in [9.17, 15) is 8.42 Å². The summed E-state index contributed by atoms with van der Waals surface area (Å²) in [6, 6.07) is 8.35. The summed E-state index contributed by atoms with van der Waals surface area (Å²) in [5.41, 5.74) is -0.450. The highest BCUT2D eigenvalue weighted by Gasteiger charge is 2.21. The largest absolute Gasteiger partial charge is 0.241 e. The van der Waals surface area contributed by atoms with Crippen LogP contribution in [0.1, 0.15) is 27.7 Å². The van der Waals surface area contributed by atoms with E-state index in [1.165, 1.54) is 0 Å². The fourth-order valence-corrected chi connectivity index (χ4v) is 2.50. The molecule has 0 unspecified atom stereocenters. The van der Waals surface area contributed by atoms with Gasteiger partial charge in [-0.3, -0.25) is 0 Å². The first kappa shape index (κ1) is 15.9. The second kappa shape index (κ2) is 6.57. The number of sulfonamides is 1. The summed E-state index contributed by atoms with van der Waals surface area (Å²) in [5, 5.41) is 0. The summed E-state index contributed by atoms with van der Waals surface area (Å²) in [6.45, 7) is 10.7. The van der Waals surface area contributed by atoms with Crippen LogP contribution in [0.3, 0.4) is 0 Å². The van der Waals surface area contributed by atoms with Crippen LogP contribution in [0.2, 0.25) is 0 Å². The number of rotatable bonds is 2. The molecule has 0 saturated heterocycles. The SMILES string of the molecule is C=CC.CC(C)(C)NS(=O)(=O)c1ccccc1. The lowest BCUT2D eigenvalue weighted by Gasteiger charge is -2.20. The maximum absolute atomic E-state index is 11.7. The molecule has 0 aliphatic carbocycles. The fraction of sp³-hybridized carbons (Fsp3) is 0.385. The summed E-state index contributed by atoms with van der Waals surface area (Å²) < 4.78 is 26.1. The maximum Gasteiger partial charge on any atom is 0.241 e. The van der Waals surface area contributed by atoms with Crippen LogP contribution in [0.4, 0.5) is 0 Å². The van der Waals surface area contributed by atoms with Crippen LogP contribution in [-0.4, -0.2) is 14.0 Å². The molecule has 1 aromatic rings. The first-order chi connectivity index (χ1) is 7.73. The Labute approximate surface area is 105 Å². The summed E-state index contributed by atoms with van der Waals surface area (Å²) in [4.78, 5) is 0.301. The van der Waals surface area contributed by atoms with E-state index in [1.807, 2.05) is 27.7 Å². The summed E-state index contributed by atoms with van der Waals surface area (Å²) >= 11 is 0. The molecule has 0 heterocycles. The van der Waals surface area contributed by atoms with Crippen molar-refractivity contribution in [1.82, 2.24) is 4.72 Å². The molecule has 0 aromatic heterocycles. The molecule has 0 amide bonds. The summed E-state index contributed by atoms with van der Waals surface area (Å²) in [5.74, 6) is 0. The Morgan fingerprint density at radius 2 is 1.59 bits per heavy atom. The molecule has 3 nitrogen and oxygen atoms in total. The molecule has 4 heteroatoms. The van der Waals surface area contributed by atoms with Crippen molar-refractivity contribution in [3.8, 4) is 0 Å². The standard InChI is InChI=1S/C10H15NO2S.C3H6/c1-10(2,3)11-14(12,13)9-7-5-4-6-8-9;1-3-2/h4-8,11H,1-3H3;3H,1H2,2H3. The second-order valence-electron chi connectivity index (χ2n) is 4.58. The Balaban J connectivity index is 0.000000770. The van der Waals surface area contributed by atoms with Gasteiger partial charge in [0.2, 0.25) is 10.0 Å². The lowest BCUT2D eigenvalue weighted by Crippen LogP contribution is -2.40. The van der Waals surface area contributed by atoms with Crippen LogP contribution in [0.15, 0.2) is 47.9 Å². The number of hydrogen-bond donors (Lipinski definition) is 1. The van der Waals surface area contributed by atoms with Crippen molar-refractivity contribution in [3.05, 3.63) is 43.0 Å². The molecular weight excluding hydrogens is 234 g/mol. The molecule has 1 rings (SSSR count). The van der Waals surface area contributed by atoms with E-state index in [0.717, 1.165) is 0 Å². The first-order valence-corrected chi connectivity index (χ1v) is 6.87. The Kier molecular flexibility index (Phi) is 6.13. The van der Waals surface area contributed by atoms with Crippen molar-refractivity contribution in [3.63, 3.8) is 0 Å². The molecule has 0 fully saturated rings. The molecule has 96 valence electrons. The van der Waals surface area contributed by atoms with Crippen molar-refractivity contribution >= 4 is 10.0 Å². The van der Waals surface area contributed by atoms with Gasteiger partial charge in [0, 0.05) is 5.54 Å². The van der Waals surface area contributed by atoms with Crippen LogP contribution in [0.25, 0.3) is 0 Å². The number of hydrogen-bond acceptors (Lipinski definition) is 2. The molecule has 0 aliphatic heterocycles. The van der Waals surface area contributed by atoms with Gasteiger partial charge in [-0.25, -0.2) is 13.1 Å². The van der Waals surface area contributed by atoms with Crippen LogP contribution in [0.5, 0.6) is 0 Å². The van der Waals surface area contributed by atoms with Crippen LogP contribution in [0, 0.1) is 0 Å². The number of nitrogens with one attached hydrogen (secondary N) is 1. The lowest BCUT2D eigenvalue weighted by molar-refractivity contribution is 0.491. The third-order valence-corrected chi connectivity index (χ3v) is 3.27. The average molecular weight is 255 g/mol. The van der Waals surface area contributed by atoms with Gasteiger partial charge < -0.3 is 0 Å². The number of allylic oxidation sites excluding steroid dienone is 1. The minimum atomic E-state index is -3.37. The van der Waals surface area contributed by atoms with Crippen molar-refractivity contribution in [2.45, 2.75) is 38.1 Å². The van der Waals surface area contributed by atoms with E-state index in [4.69, 9.17) is 0 Å². The maximum atomic E-state index is 11.7. The molecule has 0 spiro atoms. The van der Waals surface area contributed by atoms with Crippen LogP contribution >= 0.6 is 0 Å². The Hall–Kier alpha value is -1.13. The average Bonchev–Trinajstić information content (AvgIpc) is 2.16. The van der Waals surface area contributed by atoms with Crippen LogP contribution in [-0.2, 0) is 10.0 Å². The van der Waals surface area contributed by atoms with Gasteiger partial charge in [-0.05, 0) is 39.8 Å². The zero-order valence-corrected chi connectivity index (χ0v) is 11.7. The van der Waals surface area contributed by atoms with E-state index < -0.39 is 15.6 Å². The third kappa shape index (κ3) is 6.92. The molecular formula is C13H21NO2S. The predicted molar refractivity (Wildman–Crippen MR) is 72.4 cm³/mol. The van der Waals surface area contributed by atoms with Crippen molar-refractivity contribution < 1.29 is 8.42 Å². The minimum Gasteiger partial charge on any atom is -0.207 e. The van der Waals surface area contributed by atoms with E-state index in [1.54, 1.807) is 36.4 Å². The summed E-state index contributed by atoms with van der Waals surface area (Å²) in [7, 11) is -3.37. The van der Waals surface area contributed by atoms with Gasteiger partial charge >= 0.3 is 0 Å². The van der Waals surface area contributed by atoms with Gasteiger partial charge in [-0.1, -0.05) is 24.3 Å². The zero-order chi connectivity index (χ0) is 13.5. The first-order valence-electron chi connectivity index (χ1n) is 5.39. The van der Waals surface area contributed by atoms with Gasteiger partial charge in [-0.2, -0.15) is 0 Å². The molecule has 17 heavy (non-hydrogen) atoms. The Bertz CT molecular complexity index is 430. The molecule has 0 atom stereocenters. The normalized spacial score (nSPS) is 11.3. The van der Waals surface area contributed by atoms with E-state index >= 15 is 0 Å². The van der Waals surface area contributed by atoms with Crippen molar-refractivity contribution in [1.29, 1.82) is 0 Å². The molecule has 0 saturated carbocycles. The van der Waals surface area contributed by atoms with Crippen molar-refractivity contribution in [2.75, 3.05) is 0 Å². The lowest BCUT2D eigenvalue weighted by atomic mass is 10.1. The molecule has 1 aromatic carbocycles. The van der Waals surface area contributed by atoms with Gasteiger partial charge in [0.1, 0.15) is 0 Å². The van der Waals surface area contributed by atoms with Gasteiger partial charge in [0.05, 0.1) is 4.90 Å². The monoisotopic (exact) mass is 255 g/mol. The molecule has 0 bridgehead atoms. The zero-order valence-electron chi connectivity index (χ0n) is 10.9. The van der Waals surface area contributed by atoms with E-state index in [-0.39, 0.29) is 0 Å². The van der Waals surface area contributed by atoms with Crippen LogP contribution < -0.4 is 4.72 Å². The topological polar surface area (TPSA) is 46.2 Å². The second-order valence-corrected chi connectivity index (χ2v) is 6.26. The number of benzene rings is 1. The molecule has 1 N–H and O–H groups in total. The minimum absolute atomic E-state index is 0.301. The highest BCUT2D eigenvalue weighted by atomic mass is 32.2. The predicted octanol–water partition coefficient (Wildman–Crippen LogP) is 2.96. The highest BCUT2D eigenvalue weighted by molar-refractivity contribution is 7.89.